The summed E-state index contributed by atoms with van der Waals surface area (Å²) in [5, 5.41) is 0. The summed E-state index contributed by atoms with van der Waals surface area (Å²) in [6, 6.07) is 6.17. The van der Waals surface area contributed by atoms with E-state index in [4.69, 9.17) is 0 Å². The first-order valence-corrected chi connectivity index (χ1v) is 4.72. The Labute approximate surface area is 92.0 Å². The summed E-state index contributed by atoms with van der Waals surface area (Å²) >= 11 is 0. The molecule has 0 aliphatic carbocycles. The molecule has 5 heteroatoms. The minimum absolute atomic E-state index is 0.108. The Balaban J connectivity index is 2.48. The number of ether oxygens (including phenoxy) is 2. The molecular formula is C11H12F2O3. The number of halogens is 2. The van der Waals surface area contributed by atoms with E-state index in [0.717, 1.165) is 5.56 Å². The number of aryl methyl sites for hydroxylation is 1. The summed E-state index contributed by atoms with van der Waals surface area (Å²) in [4.78, 5) is 10.9. The quantitative estimate of drug-likeness (QED) is 0.728. The topological polar surface area (TPSA) is 35.5 Å². The fourth-order valence-corrected chi connectivity index (χ4v) is 1.19. The maximum absolute atomic E-state index is 11.8. The van der Waals surface area contributed by atoms with Crippen molar-refractivity contribution in [2.24, 2.45) is 0 Å². The second kappa shape index (κ2) is 6.05. The third-order valence-electron chi connectivity index (χ3n) is 1.99. The molecule has 1 rings (SSSR count). The highest BCUT2D eigenvalue weighted by Crippen LogP contribution is 2.15. The van der Waals surface area contributed by atoms with Gasteiger partial charge in [-0.1, -0.05) is 12.1 Å². The van der Waals surface area contributed by atoms with Crippen LogP contribution in [0.3, 0.4) is 0 Å². The second-order valence-electron chi connectivity index (χ2n) is 3.10. The highest BCUT2D eigenvalue weighted by molar-refractivity contribution is 5.69. The van der Waals surface area contributed by atoms with E-state index in [0.29, 0.717) is 6.42 Å². The number of carbonyl (C=O) groups excluding carboxylic acids is 1. The van der Waals surface area contributed by atoms with Crippen LogP contribution in [-0.2, 0) is 16.0 Å². The van der Waals surface area contributed by atoms with Crippen molar-refractivity contribution in [3.8, 4) is 5.75 Å². The highest BCUT2D eigenvalue weighted by Gasteiger charge is 2.05. The molecule has 0 amide bonds. The number of hydrogen-bond acceptors (Lipinski definition) is 3. The van der Waals surface area contributed by atoms with Crippen molar-refractivity contribution in [2.75, 3.05) is 7.11 Å². The van der Waals surface area contributed by atoms with Crippen molar-refractivity contribution in [1.29, 1.82) is 0 Å². The summed E-state index contributed by atoms with van der Waals surface area (Å²) in [5.41, 5.74) is 0.868. The van der Waals surface area contributed by atoms with E-state index in [-0.39, 0.29) is 18.1 Å². The van der Waals surface area contributed by atoms with Crippen LogP contribution in [-0.4, -0.2) is 19.7 Å². The molecule has 0 aliphatic rings. The molecule has 0 heterocycles. The molecule has 0 aromatic heterocycles. The lowest BCUT2D eigenvalue weighted by molar-refractivity contribution is -0.140. The number of carbonyl (C=O) groups is 1. The number of methoxy groups -OCH3 is 1. The first kappa shape index (κ1) is 12.4. The summed E-state index contributed by atoms with van der Waals surface area (Å²) < 4.78 is 32.4. The van der Waals surface area contributed by atoms with Gasteiger partial charge >= 0.3 is 12.6 Å². The van der Waals surface area contributed by atoms with Gasteiger partial charge in [-0.15, -0.1) is 0 Å². The maximum atomic E-state index is 11.8. The molecule has 0 atom stereocenters. The van der Waals surface area contributed by atoms with Gasteiger partial charge in [-0.2, -0.15) is 8.78 Å². The normalized spacial score (nSPS) is 10.2. The zero-order chi connectivity index (χ0) is 12.0. The van der Waals surface area contributed by atoms with Crippen LogP contribution in [0.1, 0.15) is 12.0 Å². The van der Waals surface area contributed by atoms with E-state index in [2.05, 4.69) is 9.47 Å². The van der Waals surface area contributed by atoms with E-state index < -0.39 is 6.61 Å². The Morgan fingerprint density at radius 2 is 1.94 bits per heavy atom. The van der Waals surface area contributed by atoms with Gasteiger partial charge in [0.2, 0.25) is 0 Å². The van der Waals surface area contributed by atoms with Crippen LogP contribution < -0.4 is 4.74 Å². The molecule has 16 heavy (non-hydrogen) atoms. The molecule has 0 bridgehead atoms. The Morgan fingerprint density at radius 3 is 2.44 bits per heavy atom. The van der Waals surface area contributed by atoms with Gasteiger partial charge in [-0.05, 0) is 24.1 Å². The average molecular weight is 230 g/mol. The maximum Gasteiger partial charge on any atom is 0.387 e. The summed E-state index contributed by atoms with van der Waals surface area (Å²) in [7, 11) is 1.32. The molecule has 0 N–H and O–H groups in total. The smallest absolute Gasteiger partial charge is 0.387 e. The van der Waals surface area contributed by atoms with Crippen molar-refractivity contribution >= 4 is 5.97 Å². The van der Waals surface area contributed by atoms with Crippen LogP contribution in [0.5, 0.6) is 5.75 Å². The van der Waals surface area contributed by atoms with Crippen LogP contribution in [0, 0.1) is 0 Å². The zero-order valence-corrected chi connectivity index (χ0v) is 8.78. The van der Waals surface area contributed by atoms with Gasteiger partial charge in [0.05, 0.1) is 7.11 Å². The average Bonchev–Trinajstić information content (AvgIpc) is 2.27. The third-order valence-corrected chi connectivity index (χ3v) is 1.99. The first-order valence-electron chi connectivity index (χ1n) is 4.72. The van der Waals surface area contributed by atoms with E-state index in [1.54, 1.807) is 12.1 Å². The molecule has 0 fully saturated rings. The Kier molecular flexibility index (Phi) is 4.69. The van der Waals surface area contributed by atoms with Gasteiger partial charge in [-0.3, -0.25) is 4.79 Å². The minimum atomic E-state index is -2.82. The predicted molar refractivity (Wildman–Crippen MR) is 53.4 cm³/mol. The first-order chi connectivity index (χ1) is 7.61. The van der Waals surface area contributed by atoms with Crippen LogP contribution >= 0.6 is 0 Å². The SMILES string of the molecule is COC(=O)CCc1ccc(OC(F)F)cc1. The fraction of sp³-hybridized carbons (Fsp3) is 0.364. The third kappa shape index (κ3) is 4.25. The Hall–Kier alpha value is -1.65. The number of benzene rings is 1. The van der Waals surface area contributed by atoms with Crippen LogP contribution in [0.4, 0.5) is 8.78 Å². The monoisotopic (exact) mass is 230 g/mol. The Bertz CT molecular complexity index is 336. The lowest BCUT2D eigenvalue weighted by atomic mass is 10.1. The van der Waals surface area contributed by atoms with Gasteiger partial charge < -0.3 is 9.47 Å². The van der Waals surface area contributed by atoms with E-state index in [1.165, 1.54) is 19.2 Å². The van der Waals surface area contributed by atoms with Gasteiger partial charge in [0.25, 0.3) is 0 Å². The summed E-state index contributed by atoms with van der Waals surface area (Å²) in [6.07, 6.45) is 0.785. The molecule has 0 unspecified atom stereocenters. The molecular weight excluding hydrogens is 218 g/mol. The zero-order valence-electron chi connectivity index (χ0n) is 8.78. The van der Waals surface area contributed by atoms with Crippen molar-refractivity contribution in [3.63, 3.8) is 0 Å². The second-order valence-corrected chi connectivity index (χ2v) is 3.10. The van der Waals surface area contributed by atoms with Gasteiger partial charge in [-0.25, -0.2) is 0 Å². The summed E-state index contributed by atoms with van der Waals surface area (Å²) in [6.45, 7) is -2.82. The summed E-state index contributed by atoms with van der Waals surface area (Å²) in [5.74, 6) is -0.190. The van der Waals surface area contributed by atoms with Crippen LogP contribution in [0.25, 0.3) is 0 Å². The van der Waals surface area contributed by atoms with Crippen molar-refractivity contribution in [1.82, 2.24) is 0 Å². The molecule has 1 aromatic carbocycles. The van der Waals surface area contributed by atoms with Crippen molar-refractivity contribution < 1.29 is 23.0 Å². The number of esters is 1. The van der Waals surface area contributed by atoms with E-state index in [9.17, 15) is 13.6 Å². The van der Waals surface area contributed by atoms with Crippen LogP contribution in [0.2, 0.25) is 0 Å². The molecule has 0 saturated carbocycles. The van der Waals surface area contributed by atoms with Gasteiger partial charge in [0.15, 0.2) is 0 Å². The lowest BCUT2D eigenvalue weighted by Crippen LogP contribution is -2.03. The molecule has 0 saturated heterocycles. The Morgan fingerprint density at radius 1 is 1.31 bits per heavy atom. The molecule has 1 aromatic rings. The standard InChI is InChI=1S/C11H12F2O3/c1-15-10(14)7-4-8-2-5-9(6-3-8)16-11(12)13/h2-3,5-6,11H,4,7H2,1H3. The van der Waals surface area contributed by atoms with Gasteiger partial charge in [0, 0.05) is 6.42 Å². The minimum Gasteiger partial charge on any atom is -0.469 e. The highest BCUT2D eigenvalue weighted by atomic mass is 19.3. The molecule has 0 radical (unpaired) electrons. The van der Waals surface area contributed by atoms with Crippen molar-refractivity contribution in [3.05, 3.63) is 29.8 Å². The van der Waals surface area contributed by atoms with Gasteiger partial charge in [0.1, 0.15) is 5.75 Å². The molecule has 3 nitrogen and oxygen atoms in total. The number of rotatable bonds is 5. The number of hydrogen-bond donors (Lipinski definition) is 0. The van der Waals surface area contributed by atoms with E-state index in [1.807, 2.05) is 0 Å². The van der Waals surface area contributed by atoms with Crippen molar-refractivity contribution in [2.45, 2.75) is 19.5 Å². The van der Waals surface area contributed by atoms with E-state index >= 15 is 0 Å². The largest absolute Gasteiger partial charge is 0.469 e. The molecule has 88 valence electrons. The fourth-order valence-electron chi connectivity index (χ4n) is 1.19. The van der Waals surface area contributed by atoms with Crippen LogP contribution in [0.15, 0.2) is 24.3 Å². The number of alkyl halides is 2. The predicted octanol–water partition coefficient (Wildman–Crippen LogP) is 2.39. The molecule has 0 spiro atoms. The molecule has 0 aliphatic heterocycles. The lowest BCUT2D eigenvalue weighted by Gasteiger charge is -2.05.